The van der Waals surface area contributed by atoms with Gasteiger partial charge in [0.1, 0.15) is 11.6 Å². The second kappa shape index (κ2) is 5.72. The van der Waals surface area contributed by atoms with Crippen molar-refractivity contribution < 1.29 is 9.72 Å². The molecule has 0 saturated carbocycles. The van der Waals surface area contributed by atoms with Crippen molar-refractivity contribution in [2.24, 2.45) is 11.7 Å². The first-order valence-corrected chi connectivity index (χ1v) is 6.39. The summed E-state index contributed by atoms with van der Waals surface area (Å²) in [7, 11) is 1.65. The standard InChI is InChI=1S/C12H17N5O3/c1-14-10-5-9(17(19)20)6-11(15-10)16-4-2-3-8(7-16)12(13)18/h5-6,8H,2-4,7H2,1H3,(H2,13,18)(H,14,15). The van der Waals surface area contributed by atoms with Crippen LogP contribution in [0.15, 0.2) is 12.1 Å². The summed E-state index contributed by atoms with van der Waals surface area (Å²) in [5.41, 5.74) is 5.31. The number of nitrogens with two attached hydrogens (primary N) is 1. The van der Waals surface area contributed by atoms with E-state index in [4.69, 9.17) is 5.73 Å². The fourth-order valence-electron chi connectivity index (χ4n) is 2.31. The molecule has 0 aromatic carbocycles. The van der Waals surface area contributed by atoms with E-state index >= 15 is 0 Å². The lowest BCUT2D eigenvalue weighted by atomic mass is 9.97. The quantitative estimate of drug-likeness (QED) is 0.620. The average molecular weight is 279 g/mol. The van der Waals surface area contributed by atoms with Crippen LogP contribution in [0.3, 0.4) is 0 Å². The summed E-state index contributed by atoms with van der Waals surface area (Å²) >= 11 is 0. The molecule has 0 bridgehead atoms. The minimum absolute atomic E-state index is 0.0273. The highest BCUT2D eigenvalue weighted by atomic mass is 16.6. The van der Waals surface area contributed by atoms with Gasteiger partial charge in [0.15, 0.2) is 0 Å². The minimum atomic E-state index is -0.457. The summed E-state index contributed by atoms with van der Waals surface area (Å²) in [6, 6.07) is 2.79. The monoisotopic (exact) mass is 279 g/mol. The number of primary amides is 1. The summed E-state index contributed by atoms with van der Waals surface area (Å²) in [4.78, 5) is 27.9. The van der Waals surface area contributed by atoms with Crippen molar-refractivity contribution in [2.45, 2.75) is 12.8 Å². The first-order chi connectivity index (χ1) is 9.51. The van der Waals surface area contributed by atoms with Gasteiger partial charge >= 0.3 is 0 Å². The SMILES string of the molecule is CNc1cc([N+](=O)[O-])cc(N2CCCC(C(N)=O)C2)n1. The van der Waals surface area contributed by atoms with Gasteiger partial charge in [-0.25, -0.2) is 4.98 Å². The number of nitro groups is 1. The lowest BCUT2D eigenvalue weighted by Crippen LogP contribution is -2.41. The molecule has 2 rings (SSSR count). The molecule has 1 aliphatic heterocycles. The molecule has 1 atom stereocenters. The molecule has 1 aromatic rings. The Hall–Kier alpha value is -2.38. The molecule has 3 N–H and O–H groups in total. The second-order valence-electron chi connectivity index (χ2n) is 4.76. The van der Waals surface area contributed by atoms with Crippen molar-refractivity contribution in [1.29, 1.82) is 0 Å². The molecule has 20 heavy (non-hydrogen) atoms. The van der Waals surface area contributed by atoms with E-state index < -0.39 is 4.92 Å². The zero-order valence-corrected chi connectivity index (χ0v) is 11.2. The Balaban J connectivity index is 2.29. The number of carbonyl (C=O) groups is 1. The van der Waals surface area contributed by atoms with Gasteiger partial charge in [0.2, 0.25) is 5.91 Å². The van der Waals surface area contributed by atoms with Gasteiger partial charge in [-0.1, -0.05) is 0 Å². The maximum absolute atomic E-state index is 11.3. The molecule has 8 heteroatoms. The van der Waals surface area contributed by atoms with E-state index in [-0.39, 0.29) is 17.5 Å². The summed E-state index contributed by atoms with van der Waals surface area (Å²) in [5, 5.41) is 13.7. The van der Waals surface area contributed by atoms with E-state index in [1.54, 1.807) is 7.05 Å². The van der Waals surface area contributed by atoms with E-state index in [0.29, 0.717) is 24.7 Å². The van der Waals surface area contributed by atoms with Gasteiger partial charge in [-0.2, -0.15) is 0 Å². The number of piperidine rings is 1. The topological polar surface area (TPSA) is 114 Å². The molecule has 1 fully saturated rings. The molecule has 2 heterocycles. The fourth-order valence-corrected chi connectivity index (χ4v) is 2.31. The van der Waals surface area contributed by atoms with Crippen molar-refractivity contribution >= 4 is 23.2 Å². The number of pyridine rings is 1. The Labute approximate surface area is 116 Å². The summed E-state index contributed by atoms with van der Waals surface area (Å²) in [6.07, 6.45) is 1.56. The molecule has 0 aliphatic carbocycles. The van der Waals surface area contributed by atoms with E-state index in [0.717, 1.165) is 12.8 Å². The fraction of sp³-hybridized carbons (Fsp3) is 0.500. The van der Waals surface area contributed by atoms with Crippen molar-refractivity contribution in [2.75, 3.05) is 30.4 Å². The maximum Gasteiger partial charge on any atom is 0.276 e. The van der Waals surface area contributed by atoms with Crippen LogP contribution in [0.25, 0.3) is 0 Å². The van der Waals surface area contributed by atoms with Crippen LogP contribution in [0.5, 0.6) is 0 Å². The summed E-state index contributed by atoms with van der Waals surface area (Å²) in [6.45, 7) is 1.16. The number of hydrogen-bond donors (Lipinski definition) is 2. The number of nitrogens with one attached hydrogen (secondary N) is 1. The van der Waals surface area contributed by atoms with E-state index in [2.05, 4.69) is 10.3 Å². The van der Waals surface area contributed by atoms with Gasteiger partial charge in [0, 0.05) is 20.1 Å². The predicted molar refractivity (Wildman–Crippen MR) is 74.6 cm³/mol. The Bertz CT molecular complexity index is 534. The largest absolute Gasteiger partial charge is 0.373 e. The molecule has 1 aliphatic rings. The van der Waals surface area contributed by atoms with Crippen LogP contribution in [0.1, 0.15) is 12.8 Å². The Kier molecular flexibility index (Phi) is 4.02. The molecular weight excluding hydrogens is 262 g/mol. The highest BCUT2D eigenvalue weighted by molar-refractivity contribution is 5.77. The van der Waals surface area contributed by atoms with Gasteiger partial charge < -0.3 is 16.0 Å². The van der Waals surface area contributed by atoms with E-state index in [1.165, 1.54) is 12.1 Å². The van der Waals surface area contributed by atoms with Crippen LogP contribution in [0.2, 0.25) is 0 Å². The zero-order chi connectivity index (χ0) is 14.7. The number of anilines is 2. The van der Waals surface area contributed by atoms with Gasteiger partial charge in [-0.3, -0.25) is 14.9 Å². The lowest BCUT2D eigenvalue weighted by molar-refractivity contribution is -0.384. The second-order valence-corrected chi connectivity index (χ2v) is 4.76. The third kappa shape index (κ3) is 2.95. The number of carbonyl (C=O) groups excluding carboxylic acids is 1. The summed E-state index contributed by atoms with van der Waals surface area (Å²) < 4.78 is 0. The van der Waals surface area contributed by atoms with Gasteiger partial charge in [0.25, 0.3) is 5.69 Å². The number of aromatic nitrogens is 1. The Morgan fingerprint density at radius 3 is 2.95 bits per heavy atom. The van der Waals surface area contributed by atoms with Gasteiger partial charge in [-0.15, -0.1) is 0 Å². The molecular formula is C12H17N5O3. The molecule has 0 spiro atoms. The third-order valence-corrected chi connectivity index (χ3v) is 3.41. The number of nitrogens with zero attached hydrogens (tertiary/aromatic N) is 3. The molecule has 1 saturated heterocycles. The Morgan fingerprint density at radius 2 is 2.35 bits per heavy atom. The normalized spacial score (nSPS) is 18.6. The smallest absolute Gasteiger partial charge is 0.276 e. The highest BCUT2D eigenvalue weighted by Gasteiger charge is 2.26. The molecule has 1 unspecified atom stereocenters. The molecule has 108 valence electrons. The number of amides is 1. The predicted octanol–water partition coefficient (Wildman–Crippen LogP) is 0.733. The zero-order valence-electron chi connectivity index (χ0n) is 11.2. The van der Waals surface area contributed by atoms with Crippen LogP contribution in [-0.4, -0.2) is 36.0 Å². The first kappa shape index (κ1) is 14.0. The Morgan fingerprint density at radius 1 is 1.60 bits per heavy atom. The van der Waals surface area contributed by atoms with Gasteiger partial charge in [0.05, 0.1) is 23.0 Å². The van der Waals surface area contributed by atoms with Crippen LogP contribution < -0.4 is 16.0 Å². The average Bonchev–Trinajstić information content (AvgIpc) is 2.46. The molecule has 0 radical (unpaired) electrons. The summed E-state index contributed by atoms with van der Waals surface area (Å²) in [5.74, 6) is 0.349. The molecule has 1 amide bonds. The molecule has 8 nitrogen and oxygen atoms in total. The number of hydrogen-bond acceptors (Lipinski definition) is 6. The van der Waals surface area contributed by atoms with Crippen LogP contribution in [0, 0.1) is 16.0 Å². The third-order valence-electron chi connectivity index (χ3n) is 3.41. The lowest BCUT2D eigenvalue weighted by Gasteiger charge is -2.32. The van der Waals surface area contributed by atoms with Crippen molar-refractivity contribution in [1.82, 2.24) is 4.98 Å². The van der Waals surface area contributed by atoms with E-state index in [1.807, 2.05) is 4.90 Å². The first-order valence-electron chi connectivity index (χ1n) is 6.39. The van der Waals surface area contributed by atoms with Crippen LogP contribution >= 0.6 is 0 Å². The minimum Gasteiger partial charge on any atom is -0.373 e. The van der Waals surface area contributed by atoms with Crippen molar-refractivity contribution in [3.8, 4) is 0 Å². The van der Waals surface area contributed by atoms with Crippen LogP contribution in [-0.2, 0) is 4.79 Å². The highest BCUT2D eigenvalue weighted by Crippen LogP contribution is 2.26. The van der Waals surface area contributed by atoms with Crippen LogP contribution in [0.4, 0.5) is 17.3 Å². The van der Waals surface area contributed by atoms with Gasteiger partial charge in [-0.05, 0) is 12.8 Å². The number of rotatable bonds is 4. The maximum atomic E-state index is 11.3. The van der Waals surface area contributed by atoms with Crippen molar-refractivity contribution in [3.63, 3.8) is 0 Å². The van der Waals surface area contributed by atoms with Crippen molar-refractivity contribution in [3.05, 3.63) is 22.2 Å². The molecule has 1 aromatic heterocycles. The van der Waals surface area contributed by atoms with E-state index in [9.17, 15) is 14.9 Å².